The lowest BCUT2D eigenvalue weighted by atomic mass is 9.91. The summed E-state index contributed by atoms with van der Waals surface area (Å²) in [5.41, 5.74) is 4.20. The number of fused-ring (bicyclic) bond motifs is 3. The van der Waals surface area contributed by atoms with Gasteiger partial charge in [0.05, 0.1) is 6.20 Å². The van der Waals surface area contributed by atoms with E-state index in [0.29, 0.717) is 11.1 Å². The molecule has 0 saturated carbocycles. The van der Waals surface area contributed by atoms with Crippen LogP contribution in [-0.4, -0.2) is 10.9 Å². The number of pyridine rings is 1. The van der Waals surface area contributed by atoms with Crippen molar-refractivity contribution in [2.24, 2.45) is 0 Å². The van der Waals surface area contributed by atoms with Crippen molar-refractivity contribution in [2.45, 2.75) is 26.0 Å². The van der Waals surface area contributed by atoms with Gasteiger partial charge >= 0.3 is 0 Å². The summed E-state index contributed by atoms with van der Waals surface area (Å²) >= 11 is 6.03. The van der Waals surface area contributed by atoms with Crippen molar-refractivity contribution in [2.75, 3.05) is 0 Å². The molecule has 6 heteroatoms. The lowest BCUT2D eigenvalue weighted by Gasteiger charge is -2.28. The Balaban J connectivity index is 1.59. The second kappa shape index (κ2) is 7.60. The van der Waals surface area contributed by atoms with Gasteiger partial charge in [-0.3, -0.25) is 9.78 Å². The molecule has 1 atom stereocenters. The molecular formula is C22H18ClFN2O2. The van der Waals surface area contributed by atoms with Crippen LogP contribution in [0.15, 0.2) is 54.9 Å². The first-order chi connectivity index (χ1) is 13.6. The highest BCUT2D eigenvalue weighted by atomic mass is 35.5. The number of nitrogens with one attached hydrogen (secondary N) is 1. The maximum absolute atomic E-state index is 13.2. The summed E-state index contributed by atoms with van der Waals surface area (Å²) in [6.45, 7) is 2.26. The van der Waals surface area contributed by atoms with Crippen LogP contribution in [0.1, 0.15) is 40.9 Å². The summed E-state index contributed by atoms with van der Waals surface area (Å²) in [6.07, 6.45) is 4.09. The Morgan fingerprint density at radius 2 is 2.07 bits per heavy atom. The second-order valence-electron chi connectivity index (χ2n) is 6.61. The van der Waals surface area contributed by atoms with E-state index >= 15 is 0 Å². The van der Waals surface area contributed by atoms with E-state index in [0.717, 1.165) is 28.9 Å². The number of carbonyl (C=O) groups is 1. The van der Waals surface area contributed by atoms with Crippen molar-refractivity contribution < 1.29 is 13.9 Å². The van der Waals surface area contributed by atoms with Crippen molar-refractivity contribution in [1.82, 2.24) is 10.3 Å². The molecule has 2 heterocycles. The molecule has 4 rings (SSSR count). The fraction of sp³-hybridized carbons (Fsp3) is 0.182. The third-order valence-electron chi connectivity index (χ3n) is 4.83. The largest absolute Gasteiger partial charge is 0.483 e. The minimum absolute atomic E-state index is 0.133. The van der Waals surface area contributed by atoms with Gasteiger partial charge in [-0.15, -0.1) is 0 Å². The van der Waals surface area contributed by atoms with Crippen molar-refractivity contribution in [3.8, 4) is 16.9 Å². The summed E-state index contributed by atoms with van der Waals surface area (Å²) < 4.78 is 19.2. The van der Waals surface area contributed by atoms with Gasteiger partial charge in [0.1, 0.15) is 17.7 Å². The number of hydrogen-bond donors (Lipinski definition) is 1. The third-order valence-corrected chi connectivity index (χ3v) is 5.18. The minimum Gasteiger partial charge on any atom is -0.483 e. The van der Waals surface area contributed by atoms with Crippen LogP contribution in [0.25, 0.3) is 11.1 Å². The summed E-state index contributed by atoms with van der Waals surface area (Å²) in [5, 5.41) is 3.13. The van der Waals surface area contributed by atoms with Gasteiger partial charge < -0.3 is 10.1 Å². The second-order valence-corrected chi connectivity index (χ2v) is 7.01. The summed E-state index contributed by atoms with van der Waals surface area (Å²) in [6, 6.07) is 11.6. The Bertz CT molecular complexity index is 1050. The van der Waals surface area contributed by atoms with Crippen LogP contribution in [-0.2, 0) is 6.54 Å². The SMILES string of the molecule is CCC1Oc2cnccc2-c2ccc(C(=O)NCc3ccc(F)cc3Cl)cc21. The number of carbonyl (C=O) groups excluding carboxylic acids is 1. The van der Waals surface area contributed by atoms with Crippen LogP contribution in [0.3, 0.4) is 0 Å². The molecule has 0 aliphatic carbocycles. The van der Waals surface area contributed by atoms with E-state index in [-0.39, 0.29) is 23.6 Å². The molecule has 0 bridgehead atoms. The van der Waals surface area contributed by atoms with E-state index in [1.165, 1.54) is 12.1 Å². The van der Waals surface area contributed by atoms with E-state index in [9.17, 15) is 9.18 Å². The van der Waals surface area contributed by atoms with E-state index in [4.69, 9.17) is 16.3 Å². The van der Waals surface area contributed by atoms with Gasteiger partial charge in [0, 0.05) is 34.5 Å². The molecule has 1 aliphatic heterocycles. The summed E-state index contributed by atoms with van der Waals surface area (Å²) in [7, 11) is 0. The zero-order valence-corrected chi connectivity index (χ0v) is 16.0. The van der Waals surface area contributed by atoms with Crippen LogP contribution in [0.5, 0.6) is 5.75 Å². The number of halogens is 2. The highest BCUT2D eigenvalue weighted by Crippen LogP contribution is 2.43. The molecule has 0 saturated heterocycles. The van der Waals surface area contributed by atoms with E-state index in [2.05, 4.69) is 10.3 Å². The van der Waals surface area contributed by atoms with Crippen molar-refractivity contribution in [3.63, 3.8) is 0 Å². The number of hydrogen-bond acceptors (Lipinski definition) is 3. The molecular weight excluding hydrogens is 379 g/mol. The highest BCUT2D eigenvalue weighted by Gasteiger charge is 2.26. The van der Waals surface area contributed by atoms with E-state index < -0.39 is 5.82 Å². The van der Waals surface area contributed by atoms with Crippen LogP contribution in [0.2, 0.25) is 5.02 Å². The molecule has 142 valence electrons. The summed E-state index contributed by atoms with van der Waals surface area (Å²) in [4.78, 5) is 16.8. The fourth-order valence-electron chi connectivity index (χ4n) is 3.37. The molecule has 28 heavy (non-hydrogen) atoms. The fourth-order valence-corrected chi connectivity index (χ4v) is 3.61. The predicted molar refractivity (Wildman–Crippen MR) is 106 cm³/mol. The zero-order valence-electron chi connectivity index (χ0n) is 15.2. The Labute approximate surface area is 167 Å². The van der Waals surface area contributed by atoms with Gasteiger partial charge in [-0.1, -0.05) is 30.7 Å². The molecule has 3 aromatic rings. The number of aromatic nitrogens is 1. The number of nitrogens with zero attached hydrogens (tertiary/aromatic N) is 1. The van der Waals surface area contributed by atoms with Gasteiger partial charge in [-0.2, -0.15) is 0 Å². The minimum atomic E-state index is -0.407. The molecule has 2 aromatic carbocycles. The van der Waals surface area contributed by atoms with Gasteiger partial charge in [0.2, 0.25) is 0 Å². The molecule has 0 fully saturated rings. The van der Waals surface area contributed by atoms with Crippen LogP contribution >= 0.6 is 11.6 Å². The Morgan fingerprint density at radius 3 is 2.86 bits per heavy atom. The maximum Gasteiger partial charge on any atom is 0.251 e. The molecule has 0 spiro atoms. The normalized spacial score (nSPS) is 14.6. The Morgan fingerprint density at radius 1 is 1.21 bits per heavy atom. The standard InChI is InChI=1S/C22H18ClFN2O2/c1-2-20-18-9-13(4-6-16(18)17-7-8-25-12-21(17)28-20)22(27)26-11-14-3-5-15(24)10-19(14)23/h3-10,12,20H,2,11H2,1H3,(H,26,27). The average molecular weight is 397 g/mol. The molecule has 1 unspecified atom stereocenters. The van der Waals surface area contributed by atoms with Gasteiger partial charge in [0.15, 0.2) is 0 Å². The number of amides is 1. The molecule has 1 N–H and O–H groups in total. The number of benzene rings is 2. The Kier molecular flexibility index (Phi) is 5.01. The zero-order chi connectivity index (χ0) is 19.7. The maximum atomic E-state index is 13.2. The third kappa shape index (κ3) is 3.45. The quantitative estimate of drug-likeness (QED) is 0.649. The van der Waals surface area contributed by atoms with Gasteiger partial charge in [-0.25, -0.2) is 4.39 Å². The van der Waals surface area contributed by atoms with Crippen LogP contribution in [0.4, 0.5) is 4.39 Å². The number of ether oxygens (including phenoxy) is 1. The Hall–Kier alpha value is -2.92. The number of rotatable bonds is 4. The lowest BCUT2D eigenvalue weighted by Crippen LogP contribution is -2.24. The first-order valence-corrected chi connectivity index (χ1v) is 9.41. The van der Waals surface area contributed by atoms with Gasteiger partial charge in [0.25, 0.3) is 5.91 Å². The highest BCUT2D eigenvalue weighted by molar-refractivity contribution is 6.31. The van der Waals surface area contributed by atoms with Gasteiger partial charge in [-0.05, 0) is 47.9 Å². The molecule has 0 radical (unpaired) electrons. The monoisotopic (exact) mass is 396 g/mol. The van der Waals surface area contributed by atoms with Crippen LogP contribution in [0, 0.1) is 5.82 Å². The molecule has 1 aromatic heterocycles. The molecule has 4 nitrogen and oxygen atoms in total. The first-order valence-electron chi connectivity index (χ1n) is 9.04. The van der Waals surface area contributed by atoms with Crippen molar-refractivity contribution in [1.29, 1.82) is 0 Å². The first kappa shape index (κ1) is 18.4. The molecule has 1 amide bonds. The van der Waals surface area contributed by atoms with E-state index in [1.807, 2.05) is 25.1 Å². The van der Waals surface area contributed by atoms with E-state index in [1.54, 1.807) is 24.5 Å². The molecule has 1 aliphatic rings. The lowest BCUT2D eigenvalue weighted by molar-refractivity contribution is 0.0950. The smallest absolute Gasteiger partial charge is 0.251 e. The van der Waals surface area contributed by atoms with Crippen molar-refractivity contribution >= 4 is 17.5 Å². The van der Waals surface area contributed by atoms with Crippen molar-refractivity contribution in [3.05, 3.63) is 82.4 Å². The summed E-state index contributed by atoms with van der Waals surface area (Å²) in [5.74, 6) is 0.124. The average Bonchev–Trinajstić information content (AvgIpc) is 2.71. The topological polar surface area (TPSA) is 51.2 Å². The van der Waals surface area contributed by atoms with Crippen LogP contribution < -0.4 is 10.1 Å². The predicted octanol–water partition coefficient (Wildman–Crippen LogP) is 5.31.